The Bertz CT molecular complexity index is 2550. The summed E-state index contributed by atoms with van der Waals surface area (Å²) >= 11 is 7.11. The predicted octanol–water partition coefficient (Wildman–Crippen LogP) is 11.2. The molecule has 370 valence electrons. The lowest BCUT2D eigenvalue weighted by Gasteiger charge is -2.36. The number of aromatic nitrogens is 4. The second kappa shape index (κ2) is 24.3. The zero-order valence-electron chi connectivity index (χ0n) is 40.9. The van der Waals surface area contributed by atoms with Crippen LogP contribution >= 0.6 is 31.9 Å². The average molecular weight is 1090 g/mol. The van der Waals surface area contributed by atoms with Crippen LogP contribution in [0.5, 0.6) is 23.0 Å². The van der Waals surface area contributed by atoms with Crippen LogP contribution in [-0.4, -0.2) is 101 Å². The molecule has 69 heavy (non-hydrogen) atoms. The standard InChI is InChI=1S/C23H26BrN5O3.C16H21BrN4O.C12H21NOSi/c1-28-22(20(24)15-25-28)19-14-17(27-23(31)26-16-4-7-18(30)8-5-16)6-9-21(19)32-13-12-29-10-2-3-11-29;1-20-16(14(17)11-19-20)13-10-12(18)4-5-15(13)22-9-8-21-6-2-3-7-21;1-12(2,3)15(4,5)14-11-8-6-10(13)7-9-11/h4-9,14-15,30H,2-3,10-13H2,1H3,(H2,26,27,31);4-5,10-11H,2-3,6-9,18H2,1H3;6-9H,13H2,1-5H3. The minimum atomic E-state index is -1.70. The second-order valence-electron chi connectivity index (χ2n) is 18.7. The molecule has 0 atom stereocenters. The van der Waals surface area contributed by atoms with Gasteiger partial charge in [-0.05, 0) is 187 Å². The number of rotatable bonds is 14. The van der Waals surface area contributed by atoms with Gasteiger partial charge in [-0.15, -0.1) is 0 Å². The zero-order valence-corrected chi connectivity index (χ0v) is 45.1. The zero-order chi connectivity index (χ0) is 49.7. The number of anilines is 4. The molecule has 0 spiro atoms. The number of benzene rings is 4. The molecule has 4 aromatic carbocycles. The van der Waals surface area contributed by atoms with E-state index in [0.29, 0.717) is 24.6 Å². The monoisotopic (exact) mass is 1090 g/mol. The highest BCUT2D eigenvalue weighted by Gasteiger charge is 2.39. The Morgan fingerprint density at radius 3 is 1.61 bits per heavy atom. The van der Waals surface area contributed by atoms with Gasteiger partial charge in [-0.1, -0.05) is 20.8 Å². The summed E-state index contributed by atoms with van der Waals surface area (Å²) < 4.78 is 23.7. The highest BCUT2D eigenvalue weighted by molar-refractivity contribution is 9.11. The van der Waals surface area contributed by atoms with Crippen molar-refractivity contribution in [2.24, 2.45) is 14.1 Å². The van der Waals surface area contributed by atoms with Crippen molar-refractivity contribution in [3.05, 3.63) is 106 Å². The Labute approximate surface area is 424 Å². The Morgan fingerprint density at radius 2 is 1.13 bits per heavy atom. The SMILES string of the molecule is CC(C)(C)[Si](C)(C)Oc1ccc(N)cc1.Cn1ncc(Br)c1-c1cc(N)ccc1OCCN1CCCC1.Cn1ncc(Br)c1-c1cc(NC(=O)Nc2ccc(O)cc2)ccc1OCCN1CCCC1. The number of aryl methyl sites for hydroxylation is 2. The lowest BCUT2D eigenvalue weighted by Crippen LogP contribution is -2.43. The number of nitrogens with two attached hydrogens (primary N) is 2. The third-order valence-electron chi connectivity index (χ3n) is 12.5. The van der Waals surface area contributed by atoms with Gasteiger partial charge < -0.3 is 41.1 Å². The van der Waals surface area contributed by atoms with Gasteiger partial charge in [0.15, 0.2) is 0 Å². The maximum atomic E-state index is 12.5. The van der Waals surface area contributed by atoms with E-state index < -0.39 is 8.32 Å². The number of nitrogens with zero attached hydrogens (tertiary/aromatic N) is 6. The molecule has 18 heteroatoms. The maximum absolute atomic E-state index is 12.5. The number of carbonyl (C=O) groups is 1. The number of likely N-dealkylation sites (tertiary alicyclic amines) is 2. The first-order valence-electron chi connectivity index (χ1n) is 23.4. The minimum Gasteiger partial charge on any atom is -0.544 e. The Morgan fingerprint density at radius 1 is 0.681 bits per heavy atom. The lowest BCUT2D eigenvalue weighted by molar-refractivity contribution is 0.238. The maximum Gasteiger partial charge on any atom is 0.323 e. The number of phenolic OH excluding ortho intramolecular Hbond substituents is 1. The fourth-order valence-corrected chi connectivity index (χ4v) is 9.76. The molecule has 6 aromatic rings. The van der Waals surface area contributed by atoms with Crippen molar-refractivity contribution < 1.29 is 23.8 Å². The van der Waals surface area contributed by atoms with Crippen LogP contribution in [-0.2, 0) is 14.1 Å². The first-order valence-corrected chi connectivity index (χ1v) is 27.9. The summed E-state index contributed by atoms with van der Waals surface area (Å²) in [4.78, 5) is 17.3. The molecule has 2 saturated heterocycles. The Kier molecular flexibility index (Phi) is 18.6. The van der Waals surface area contributed by atoms with Gasteiger partial charge in [-0.3, -0.25) is 19.2 Å². The fourth-order valence-electron chi connectivity index (χ4n) is 7.61. The molecule has 2 fully saturated rings. The molecule has 0 unspecified atom stereocenters. The van der Waals surface area contributed by atoms with Crippen molar-refractivity contribution in [1.82, 2.24) is 29.4 Å². The van der Waals surface area contributed by atoms with Crippen LogP contribution in [0.3, 0.4) is 0 Å². The molecule has 15 nitrogen and oxygen atoms in total. The van der Waals surface area contributed by atoms with Crippen molar-refractivity contribution in [2.45, 2.75) is 64.6 Å². The van der Waals surface area contributed by atoms with E-state index in [2.05, 4.69) is 96.4 Å². The van der Waals surface area contributed by atoms with Crippen molar-refractivity contribution in [3.63, 3.8) is 0 Å². The van der Waals surface area contributed by atoms with E-state index in [0.717, 1.165) is 86.3 Å². The van der Waals surface area contributed by atoms with Gasteiger partial charge in [0.05, 0.1) is 32.7 Å². The van der Waals surface area contributed by atoms with Gasteiger partial charge in [0.25, 0.3) is 0 Å². The molecule has 0 bridgehead atoms. The van der Waals surface area contributed by atoms with Crippen LogP contribution in [0.15, 0.2) is 106 Å². The molecule has 2 aromatic heterocycles. The number of hydrogen-bond donors (Lipinski definition) is 5. The third kappa shape index (κ3) is 15.2. The molecular formula is C51H68Br2N10O5Si. The topological polar surface area (TPSA) is 183 Å². The summed E-state index contributed by atoms with van der Waals surface area (Å²) in [6.07, 6.45) is 8.62. The van der Waals surface area contributed by atoms with Crippen LogP contribution in [0.4, 0.5) is 27.5 Å². The van der Waals surface area contributed by atoms with Crippen molar-refractivity contribution in [2.75, 3.05) is 74.6 Å². The summed E-state index contributed by atoms with van der Waals surface area (Å²) in [6.45, 7) is 18.9. The molecule has 8 rings (SSSR count). The van der Waals surface area contributed by atoms with E-state index in [1.165, 1.54) is 50.9 Å². The normalized spacial score (nSPS) is 14.0. The summed E-state index contributed by atoms with van der Waals surface area (Å²) in [5.41, 5.74) is 17.9. The van der Waals surface area contributed by atoms with E-state index >= 15 is 0 Å². The van der Waals surface area contributed by atoms with Crippen molar-refractivity contribution >= 4 is 69.0 Å². The Hall–Kier alpha value is -5.53. The van der Waals surface area contributed by atoms with Crippen LogP contribution in [0.2, 0.25) is 18.1 Å². The van der Waals surface area contributed by atoms with Crippen LogP contribution in [0.1, 0.15) is 46.5 Å². The van der Waals surface area contributed by atoms with Gasteiger partial charge in [-0.2, -0.15) is 10.2 Å². The van der Waals surface area contributed by atoms with Crippen LogP contribution < -0.4 is 36.0 Å². The van der Waals surface area contributed by atoms with Crippen molar-refractivity contribution in [1.29, 1.82) is 0 Å². The van der Waals surface area contributed by atoms with Gasteiger partial charge >= 0.3 is 6.03 Å². The van der Waals surface area contributed by atoms with E-state index in [4.69, 9.17) is 25.4 Å². The van der Waals surface area contributed by atoms with Gasteiger partial charge in [-0.25, -0.2) is 4.79 Å². The summed E-state index contributed by atoms with van der Waals surface area (Å²) in [6, 6.07) is 24.9. The smallest absolute Gasteiger partial charge is 0.323 e. The molecule has 0 aliphatic carbocycles. The summed E-state index contributed by atoms with van der Waals surface area (Å²) in [5, 5.41) is 23.8. The van der Waals surface area contributed by atoms with E-state index in [1.54, 1.807) is 29.2 Å². The third-order valence-corrected chi connectivity index (χ3v) is 18.0. The highest BCUT2D eigenvalue weighted by Crippen LogP contribution is 2.39. The molecule has 2 aliphatic rings. The first-order chi connectivity index (χ1) is 32.9. The van der Waals surface area contributed by atoms with E-state index in [-0.39, 0.29) is 16.8 Å². The quantitative estimate of drug-likeness (QED) is 0.0397. The number of carbonyl (C=O) groups excluding carboxylic acids is 1. The van der Waals surface area contributed by atoms with Crippen LogP contribution in [0.25, 0.3) is 22.5 Å². The van der Waals surface area contributed by atoms with Gasteiger partial charge in [0, 0.05) is 61.1 Å². The summed E-state index contributed by atoms with van der Waals surface area (Å²) in [7, 11) is 2.08. The Balaban J connectivity index is 0.000000183. The molecule has 2 amide bonds. The lowest BCUT2D eigenvalue weighted by atomic mass is 10.1. The van der Waals surface area contributed by atoms with Gasteiger partial charge in [0.2, 0.25) is 8.32 Å². The highest BCUT2D eigenvalue weighted by atomic mass is 79.9. The predicted molar refractivity (Wildman–Crippen MR) is 289 cm³/mol. The molecule has 4 heterocycles. The number of urea groups is 1. The number of ether oxygens (including phenoxy) is 2. The van der Waals surface area contributed by atoms with Crippen molar-refractivity contribution in [3.8, 4) is 45.5 Å². The number of nitrogens with one attached hydrogen (secondary N) is 2. The number of aromatic hydroxyl groups is 1. The number of halogens is 2. The van der Waals surface area contributed by atoms with Gasteiger partial charge in [0.1, 0.15) is 36.2 Å². The van der Waals surface area contributed by atoms with E-state index in [1.807, 2.05) is 79.4 Å². The molecular weight excluding hydrogens is 1020 g/mol. The number of amides is 2. The minimum absolute atomic E-state index is 0.141. The second-order valence-corrected chi connectivity index (χ2v) is 25.2. The first kappa shape index (κ1) is 52.8. The number of hydrogen-bond acceptors (Lipinski definition) is 11. The molecule has 0 radical (unpaired) electrons. The molecule has 7 N–H and O–H groups in total. The average Bonchev–Trinajstić information content (AvgIpc) is 4.14. The number of phenols is 1. The summed E-state index contributed by atoms with van der Waals surface area (Å²) in [5.74, 6) is 2.65. The number of nitrogen functional groups attached to an aromatic ring is 2. The fraction of sp³-hybridized carbons (Fsp3) is 0.392. The molecule has 2 aliphatic heterocycles. The largest absolute Gasteiger partial charge is 0.544 e. The van der Waals surface area contributed by atoms with Crippen LogP contribution in [0, 0.1) is 0 Å². The van der Waals surface area contributed by atoms with E-state index in [9.17, 15) is 9.90 Å². The molecule has 0 saturated carbocycles.